The summed E-state index contributed by atoms with van der Waals surface area (Å²) >= 11 is 0. The minimum atomic E-state index is 0. The van der Waals surface area contributed by atoms with Gasteiger partial charge in [-0.3, -0.25) is 0 Å². The molecule has 0 radical (unpaired) electrons. The van der Waals surface area contributed by atoms with Crippen molar-refractivity contribution in [1.29, 1.82) is 0 Å². The Hall–Kier alpha value is -3.18. The van der Waals surface area contributed by atoms with Gasteiger partial charge in [0.15, 0.2) is 0 Å². The van der Waals surface area contributed by atoms with Crippen LogP contribution in [0.15, 0.2) is 96.1 Å². The first-order valence-electron chi connectivity index (χ1n) is 7.60. The molecule has 0 aromatic heterocycles. The van der Waals surface area contributed by atoms with Gasteiger partial charge in [-0.25, -0.2) is 0 Å². The lowest BCUT2D eigenvalue weighted by Crippen LogP contribution is -3.00. The Kier molecular flexibility index (Phi) is 4.54. The molecule has 0 saturated carbocycles. The van der Waals surface area contributed by atoms with Crippen molar-refractivity contribution in [2.24, 2.45) is 5.10 Å². The molecule has 0 bridgehead atoms. The number of quaternary nitrogens is 1. The van der Waals surface area contributed by atoms with Crippen LogP contribution in [0.25, 0.3) is 0 Å². The van der Waals surface area contributed by atoms with E-state index in [9.17, 15) is 0 Å². The summed E-state index contributed by atoms with van der Waals surface area (Å²) in [4.78, 5) is 0. The van der Waals surface area contributed by atoms with E-state index < -0.39 is 0 Å². The van der Waals surface area contributed by atoms with Crippen LogP contribution in [0.1, 0.15) is 5.56 Å². The largest absolute Gasteiger partial charge is 1.00 e. The summed E-state index contributed by atoms with van der Waals surface area (Å²) in [7, 11) is 0. The molecule has 2 N–H and O–H groups in total. The number of amidine groups is 1. The first-order chi connectivity index (χ1) is 11.4. The van der Waals surface area contributed by atoms with Gasteiger partial charge in [0.25, 0.3) is 5.84 Å². The lowest BCUT2D eigenvalue weighted by atomic mass is 10.2. The van der Waals surface area contributed by atoms with Crippen LogP contribution in [0.2, 0.25) is 0 Å². The second-order valence-electron chi connectivity index (χ2n) is 5.29. The maximum atomic E-state index is 4.81. The van der Waals surface area contributed by atoms with Crippen molar-refractivity contribution in [2.75, 3.05) is 10.2 Å². The summed E-state index contributed by atoms with van der Waals surface area (Å²) in [5.74, 6) is 0.943. The van der Waals surface area contributed by atoms with Crippen molar-refractivity contribution < 1.29 is 10.1 Å². The van der Waals surface area contributed by atoms with E-state index in [1.807, 2.05) is 59.7 Å². The van der Waals surface area contributed by atoms with E-state index in [1.54, 1.807) is 0 Å². The normalized spacial score (nSPS) is 13.4. The van der Waals surface area contributed by atoms with Crippen molar-refractivity contribution in [3.8, 4) is 0 Å². The highest BCUT2D eigenvalue weighted by Gasteiger charge is 2.30. The number of hydrogen-bond acceptors (Lipinski definition) is 3. The molecule has 1 aliphatic rings. The van der Waals surface area contributed by atoms with Gasteiger partial charge in [0, 0.05) is 0 Å². The fourth-order valence-electron chi connectivity index (χ4n) is 2.60. The maximum absolute atomic E-state index is 4.81. The van der Waals surface area contributed by atoms with E-state index in [0.717, 1.165) is 22.8 Å². The number of hydrazone groups is 1. The number of rotatable bonds is 3. The van der Waals surface area contributed by atoms with Crippen molar-refractivity contribution >= 4 is 17.2 Å². The molecule has 0 unspecified atom stereocenters. The predicted octanol–water partition coefficient (Wildman–Crippen LogP) is -0.228. The number of hydrazine groups is 1. The van der Waals surface area contributed by atoms with E-state index in [-0.39, 0.29) is 4.70 Å². The molecule has 4 rings (SSSR count). The molecule has 120 valence electrons. The van der Waals surface area contributed by atoms with E-state index in [2.05, 4.69) is 46.9 Å². The number of nitrogens with two attached hydrogens (primary N) is 1. The number of anilines is 2. The van der Waals surface area contributed by atoms with Gasteiger partial charge in [-0.05, 0) is 36.4 Å². The fourth-order valence-corrected chi connectivity index (χ4v) is 2.60. The van der Waals surface area contributed by atoms with Crippen LogP contribution in [0.4, 0.5) is 11.4 Å². The van der Waals surface area contributed by atoms with Crippen molar-refractivity contribution in [3.63, 3.8) is 0 Å². The van der Waals surface area contributed by atoms with Gasteiger partial charge in [-0.2, -0.15) is 5.43 Å². The zero-order valence-corrected chi connectivity index (χ0v) is 13.0. The van der Waals surface area contributed by atoms with Gasteiger partial charge in [0.05, 0.1) is 11.3 Å². The maximum Gasteiger partial charge on any atom is 0.277 e. The molecule has 0 atom stereocenters. The van der Waals surface area contributed by atoms with Gasteiger partial charge >= 0.3 is 0 Å². The Morgan fingerprint density at radius 3 is 1.71 bits per heavy atom. The van der Waals surface area contributed by atoms with Crippen LogP contribution in [0, 0.1) is 0 Å². The molecular weight excluding hydrogens is 303 g/mol. The SMILES string of the molecule is [F-].c1ccc(C2=NN(c3ccccc3)N(c3ccccc3)[NH2+]2)cc1. The van der Waals surface area contributed by atoms with Crippen molar-refractivity contribution in [1.82, 2.24) is 0 Å². The molecule has 1 heterocycles. The fraction of sp³-hybridized carbons (Fsp3) is 0. The van der Waals surface area contributed by atoms with Gasteiger partial charge in [-0.1, -0.05) is 59.7 Å². The number of para-hydroxylation sites is 2. The quantitative estimate of drug-likeness (QED) is 0.677. The van der Waals surface area contributed by atoms with E-state index in [1.165, 1.54) is 0 Å². The monoisotopic (exact) mass is 320 g/mol. The average molecular weight is 320 g/mol. The first-order valence-corrected chi connectivity index (χ1v) is 7.60. The van der Waals surface area contributed by atoms with E-state index in [0.29, 0.717) is 0 Å². The third-order valence-corrected chi connectivity index (χ3v) is 3.73. The number of benzene rings is 3. The van der Waals surface area contributed by atoms with E-state index >= 15 is 0 Å². The first kappa shape index (κ1) is 15.7. The predicted molar refractivity (Wildman–Crippen MR) is 92.7 cm³/mol. The van der Waals surface area contributed by atoms with Crippen LogP contribution in [-0.4, -0.2) is 5.84 Å². The highest BCUT2D eigenvalue weighted by molar-refractivity contribution is 5.93. The summed E-state index contributed by atoms with van der Waals surface area (Å²) in [6.45, 7) is 0. The molecule has 5 heteroatoms. The molecule has 0 aliphatic carbocycles. The summed E-state index contributed by atoms with van der Waals surface area (Å²) in [5, 5.41) is 8.80. The highest BCUT2D eigenvalue weighted by atomic mass is 19.0. The second-order valence-corrected chi connectivity index (χ2v) is 5.29. The molecule has 0 spiro atoms. The molecule has 4 nitrogen and oxygen atoms in total. The van der Waals surface area contributed by atoms with Crippen LogP contribution < -0.4 is 20.4 Å². The Bertz CT molecular complexity index is 807. The summed E-state index contributed by atoms with van der Waals surface area (Å²) in [5.41, 5.74) is 5.27. The molecule has 0 fully saturated rings. The molecule has 0 saturated heterocycles. The standard InChI is InChI=1S/C19H16N4.FH/c1-4-10-16(11-5-1)19-20-22(17-12-6-2-7-13-17)23(21-19)18-14-8-3-9-15-18;/h1-15H,(H,20,21);1H. The minimum Gasteiger partial charge on any atom is -1.00 e. The summed E-state index contributed by atoms with van der Waals surface area (Å²) in [6.07, 6.45) is 0. The zero-order valence-electron chi connectivity index (χ0n) is 13.0. The van der Waals surface area contributed by atoms with Gasteiger partial charge in [0.1, 0.15) is 5.69 Å². The van der Waals surface area contributed by atoms with Crippen molar-refractivity contribution in [2.45, 2.75) is 0 Å². The molecule has 1 aliphatic heterocycles. The topological polar surface area (TPSA) is 35.5 Å². The third-order valence-electron chi connectivity index (χ3n) is 3.73. The van der Waals surface area contributed by atoms with Crippen LogP contribution >= 0.6 is 0 Å². The minimum absolute atomic E-state index is 0. The van der Waals surface area contributed by atoms with Crippen LogP contribution in [0.5, 0.6) is 0 Å². The second kappa shape index (κ2) is 6.93. The summed E-state index contributed by atoms with van der Waals surface area (Å²) < 4.78 is 0. The Morgan fingerprint density at radius 2 is 1.12 bits per heavy atom. The molecule has 3 aromatic carbocycles. The van der Waals surface area contributed by atoms with Crippen LogP contribution in [-0.2, 0) is 0 Å². The lowest BCUT2D eigenvalue weighted by molar-refractivity contribution is -0.545. The van der Waals surface area contributed by atoms with Gasteiger partial charge in [-0.15, -0.1) is 10.2 Å². The molecular formula is C19H17FN4. The van der Waals surface area contributed by atoms with Gasteiger partial charge < -0.3 is 4.70 Å². The zero-order chi connectivity index (χ0) is 15.5. The van der Waals surface area contributed by atoms with Gasteiger partial charge in [0.2, 0.25) is 0 Å². The summed E-state index contributed by atoms with van der Waals surface area (Å²) in [6, 6.07) is 30.6. The number of nitrogens with zero attached hydrogens (tertiary/aromatic N) is 3. The molecule has 24 heavy (non-hydrogen) atoms. The van der Waals surface area contributed by atoms with E-state index in [4.69, 9.17) is 5.10 Å². The third kappa shape index (κ3) is 2.98. The average Bonchev–Trinajstić information content (AvgIpc) is 3.09. The Labute approximate surface area is 140 Å². The van der Waals surface area contributed by atoms with Crippen molar-refractivity contribution in [3.05, 3.63) is 96.6 Å². The highest BCUT2D eigenvalue weighted by Crippen LogP contribution is 2.22. The lowest BCUT2D eigenvalue weighted by Gasteiger charge is -2.23. The Morgan fingerprint density at radius 1 is 0.625 bits per heavy atom. The molecule has 0 amide bonds. The number of halogens is 1. The van der Waals surface area contributed by atoms with Crippen LogP contribution in [0.3, 0.4) is 0 Å². The molecule has 3 aromatic rings. The number of hydrogen-bond donors (Lipinski definition) is 1. The Balaban J connectivity index is 0.00000169. The smallest absolute Gasteiger partial charge is 0.277 e.